The number of nitrogens with zero attached hydrogens (tertiary/aromatic N) is 5. The summed E-state index contributed by atoms with van der Waals surface area (Å²) >= 11 is 1.79. The van der Waals surface area contributed by atoms with Crippen LogP contribution in [-0.4, -0.2) is 87.9 Å². The predicted molar refractivity (Wildman–Crippen MR) is 151 cm³/mol. The van der Waals surface area contributed by atoms with E-state index in [1.54, 1.807) is 17.7 Å². The van der Waals surface area contributed by atoms with Crippen molar-refractivity contribution in [3.63, 3.8) is 0 Å². The van der Waals surface area contributed by atoms with Crippen LogP contribution in [0.2, 0.25) is 0 Å². The van der Waals surface area contributed by atoms with Crippen molar-refractivity contribution < 1.29 is 9.53 Å². The number of thiophene rings is 1. The molecule has 0 radical (unpaired) electrons. The number of carbonyl (C=O) groups excluding carboxylic acids is 1. The molecule has 0 amide bonds. The smallest absolute Gasteiger partial charge is 0.152 e. The maximum absolute atomic E-state index is 12.7. The summed E-state index contributed by atoms with van der Waals surface area (Å²) in [5, 5.41) is 1.23. The fraction of sp³-hybridized carbons (Fsp3) is 0.483. The third-order valence-corrected chi connectivity index (χ3v) is 8.94. The Morgan fingerprint density at radius 1 is 1.16 bits per heavy atom. The van der Waals surface area contributed by atoms with Crippen LogP contribution in [0.5, 0.6) is 0 Å². The zero-order chi connectivity index (χ0) is 26.3. The molecule has 200 valence electrons. The van der Waals surface area contributed by atoms with Gasteiger partial charge in [0.15, 0.2) is 5.78 Å². The number of ketones is 1. The highest BCUT2D eigenvalue weighted by molar-refractivity contribution is 7.19. The lowest BCUT2D eigenvalue weighted by atomic mass is 9.90. The first-order chi connectivity index (χ1) is 18.4. The van der Waals surface area contributed by atoms with Crippen molar-refractivity contribution in [2.75, 3.05) is 52.4 Å². The van der Waals surface area contributed by atoms with Gasteiger partial charge in [0.05, 0.1) is 35.6 Å². The van der Waals surface area contributed by atoms with Crippen molar-refractivity contribution in [3.8, 4) is 0 Å². The maximum Gasteiger partial charge on any atom is 0.152 e. The van der Waals surface area contributed by atoms with Gasteiger partial charge in [0.1, 0.15) is 6.33 Å². The van der Waals surface area contributed by atoms with E-state index in [1.165, 1.54) is 15.8 Å². The first-order valence-electron chi connectivity index (χ1n) is 13.5. The summed E-state index contributed by atoms with van der Waals surface area (Å²) in [5.74, 6) is 0.306. The molecule has 6 rings (SSSR count). The highest BCUT2D eigenvalue weighted by Gasteiger charge is 2.36. The lowest BCUT2D eigenvalue weighted by molar-refractivity contribution is -0.128. The third kappa shape index (κ3) is 5.13. The molecule has 3 aromatic heterocycles. The zero-order valence-corrected chi connectivity index (χ0v) is 23.2. The van der Waals surface area contributed by atoms with Crippen LogP contribution in [0.15, 0.2) is 49.1 Å². The minimum atomic E-state index is -0.303. The molecule has 1 N–H and O–H groups in total. The van der Waals surface area contributed by atoms with Crippen molar-refractivity contribution >= 4 is 38.2 Å². The van der Waals surface area contributed by atoms with Crippen LogP contribution in [0.3, 0.4) is 0 Å². The van der Waals surface area contributed by atoms with Gasteiger partial charge in [-0.3, -0.25) is 19.5 Å². The summed E-state index contributed by atoms with van der Waals surface area (Å²) in [6, 6.07) is 10.8. The van der Waals surface area contributed by atoms with Crippen molar-refractivity contribution in [2.24, 2.45) is 5.41 Å². The number of hydrogen-bond acceptors (Lipinski definition) is 8. The number of carbonyl (C=O) groups is 1. The first kappa shape index (κ1) is 25.6. The second-order valence-corrected chi connectivity index (χ2v) is 12.5. The molecule has 1 aromatic carbocycles. The second kappa shape index (κ2) is 10.5. The first-order valence-corrected chi connectivity index (χ1v) is 14.3. The van der Waals surface area contributed by atoms with E-state index >= 15 is 0 Å². The van der Waals surface area contributed by atoms with Crippen LogP contribution in [0.4, 0.5) is 0 Å². The normalized spacial score (nSPS) is 21.3. The fourth-order valence-corrected chi connectivity index (χ4v) is 6.76. The Kier molecular flexibility index (Phi) is 7.05. The number of benzene rings is 1. The highest BCUT2D eigenvalue weighted by Crippen LogP contribution is 2.38. The highest BCUT2D eigenvalue weighted by atomic mass is 32.1. The Bertz CT molecular complexity index is 1380. The van der Waals surface area contributed by atoms with Crippen LogP contribution in [0.25, 0.3) is 21.1 Å². The van der Waals surface area contributed by atoms with Gasteiger partial charge in [-0.1, -0.05) is 32.9 Å². The molecule has 2 aliphatic rings. The minimum Gasteiger partial charge on any atom is -0.371 e. The standard InChI is InChI=1S/C29H36N6O2S/c1-29(2,3)27(36)18-33-9-11-34(12-10-33)28(25-15-23-26(38-25)16-30-19-32-23)35-13-14-37-24(17-35)21-5-4-6-22-20(21)7-8-31-22/h4-8,15-16,19,24,28,31H,9-14,17-18H2,1-3H3. The van der Waals surface area contributed by atoms with E-state index < -0.39 is 0 Å². The molecule has 2 atom stereocenters. The quantitative estimate of drug-likeness (QED) is 0.392. The monoisotopic (exact) mass is 532 g/mol. The molecule has 0 bridgehead atoms. The number of nitrogens with one attached hydrogen (secondary N) is 1. The molecule has 2 unspecified atom stereocenters. The van der Waals surface area contributed by atoms with Gasteiger partial charge < -0.3 is 9.72 Å². The molecule has 0 saturated carbocycles. The Labute approximate surface area is 227 Å². The van der Waals surface area contributed by atoms with Crippen LogP contribution in [0, 0.1) is 5.41 Å². The van der Waals surface area contributed by atoms with Gasteiger partial charge in [0, 0.05) is 72.9 Å². The number of aromatic amines is 1. The number of aromatic nitrogens is 3. The number of Topliss-reactive ketones (excluding diaryl/α,β-unsaturated/α-hetero) is 1. The van der Waals surface area contributed by atoms with Crippen molar-refractivity contribution in [1.82, 2.24) is 29.7 Å². The molecule has 2 saturated heterocycles. The van der Waals surface area contributed by atoms with Crippen molar-refractivity contribution in [1.29, 1.82) is 0 Å². The molecular weight excluding hydrogens is 496 g/mol. The number of hydrogen-bond donors (Lipinski definition) is 1. The molecule has 2 fully saturated rings. The molecule has 38 heavy (non-hydrogen) atoms. The average molecular weight is 533 g/mol. The summed E-state index contributed by atoms with van der Waals surface area (Å²) in [6.07, 6.45) is 5.68. The summed E-state index contributed by atoms with van der Waals surface area (Å²) in [4.78, 5) is 33.5. The summed E-state index contributed by atoms with van der Waals surface area (Å²) in [7, 11) is 0. The largest absolute Gasteiger partial charge is 0.371 e. The number of rotatable bonds is 6. The summed E-state index contributed by atoms with van der Waals surface area (Å²) in [5.41, 5.74) is 3.08. The maximum atomic E-state index is 12.7. The third-order valence-electron chi connectivity index (χ3n) is 7.84. The molecule has 5 heterocycles. The SMILES string of the molecule is CC(C)(C)C(=O)CN1CCN(C(c2cc3ncncc3s2)N2CCOC(c3cccc4[nH]ccc34)C2)CC1. The van der Waals surface area contributed by atoms with E-state index in [1.807, 2.05) is 33.2 Å². The molecule has 4 aromatic rings. The predicted octanol–water partition coefficient (Wildman–Crippen LogP) is 4.48. The Morgan fingerprint density at radius 2 is 2.00 bits per heavy atom. The van der Waals surface area contributed by atoms with E-state index in [4.69, 9.17) is 4.74 Å². The van der Waals surface area contributed by atoms with E-state index in [9.17, 15) is 4.79 Å². The van der Waals surface area contributed by atoms with Crippen LogP contribution < -0.4 is 0 Å². The van der Waals surface area contributed by atoms with Gasteiger partial charge in [-0.15, -0.1) is 11.3 Å². The lowest BCUT2D eigenvalue weighted by Gasteiger charge is -2.46. The Morgan fingerprint density at radius 3 is 2.79 bits per heavy atom. The molecule has 2 aliphatic heterocycles. The van der Waals surface area contributed by atoms with E-state index in [0.717, 1.165) is 55.0 Å². The number of piperazine rings is 1. The lowest BCUT2D eigenvalue weighted by Crippen LogP contribution is -2.54. The molecule has 9 heteroatoms. The van der Waals surface area contributed by atoms with Gasteiger partial charge in [-0.25, -0.2) is 9.97 Å². The van der Waals surface area contributed by atoms with Gasteiger partial charge in [0.25, 0.3) is 0 Å². The van der Waals surface area contributed by atoms with E-state index in [0.29, 0.717) is 18.9 Å². The van der Waals surface area contributed by atoms with Gasteiger partial charge >= 0.3 is 0 Å². The van der Waals surface area contributed by atoms with Gasteiger partial charge in [0.2, 0.25) is 0 Å². The van der Waals surface area contributed by atoms with Crippen molar-refractivity contribution in [3.05, 3.63) is 59.5 Å². The number of H-pyrrole nitrogens is 1. The molecule has 0 spiro atoms. The number of morpholine rings is 1. The number of ether oxygens (including phenoxy) is 1. The summed E-state index contributed by atoms with van der Waals surface area (Å²) in [6.45, 7) is 12.5. The fourth-order valence-electron chi connectivity index (χ4n) is 5.60. The van der Waals surface area contributed by atoms with Gasteiger partial charge in [-0.2, -0.15) is 0 Å². The average Bonchev–Trinajstić information content (AvgIpc) is 3.56. The minimum absolute atomic E-state index is 0.00520. The van der Waals surface area contributed by atoms with Crippen LogP contribution >= 0.6 is 11.3 Å². The Hall–Kier alpha value is -2.69. The zero-order valence-electron chi connectivity index (χ0n) is 22.4. The molecular formula is C29H36N6O2S. The van der Waals surface area contributed by atoms with Crippen molar-refractivity contribution in [2.45, 2.75) is 33.0 Å². The van der Waals surface area contributed by atoms with Gasteiger partial charge in [-0.05, 0) is 23.8 Å². The van der Waals surface area contributed by atoms with E-state index in [-0.39, 0.29) is 17.7 Å². The van der Waals surface area contributed by atoms with E-state index in [2.05, 4.69) is 60.0 Å². The molecule has 0 aliphatic carbocycles. The van der Waals surface area contributed by atoms with Crippen LogP contribution in [-0.2, 0) is 9.53 Å². The Balaban J connectivity index is 1.26. The topological polar surface area (TPSA) is 77.6 Å². The second-order valence-electron chi connectivity index (χ2n) is 11.4. The summed E-state index contributed by atoms with van der Waals surface area (Å²) < 4.78 is 7.47. The number of fused-ring (bicyclic) bond motifs is 2. The molecule has 8 nitrogen and oxygen atoms in total. The van der Waals surface area contributed by atoms with Crippen LogP contribution in [0.1, 0.15) is 43.5 Å².